The highest BCUT2D eigenvalue weighted by atomic mass is 16.5. The first kappa shape index (κ1) is 14.9. The van der Waals surface area contributed by atoms with Gasteiger partial charge in [-0.05, 0) is 25.2 Å². The summed E-state index contributed by atoms with van der Waals surface area (Å²) in [4.78, 5) is 0. The van der Waals surface area contributed by atoms with Crippen molar-refractivity contribution in [2.45, 2.75) is 58.0 Å². The van der Waals surface area contributed by atoms with E-state index in [1.54, 1.807) is 0 Å². The summed E-state index contributed by atoms with van der Waals surface area (Å²) in [7, 11) is 0. The van der Waals surface area contributed by atoms with E-state index < -0.39 is 0 Å². The fraction of sp³-hybridized carbons (Fsp3) is 1.00. The molecule has 0 aliphatic heterocycles. The van der Waals surface area contributed by atoms with Gasteiger partial charge in [-0.15, -0.1) is 0 Å². The minimum atomic E-state index is -0.0420. The van der Waals surface area contributed by atoms with E-state index in [-0.39, 0.29) is 5.60 Å². The molecule has 0 aromatic carbocycles. The van der Waals surface area contributed by atoms with Gasteiger partial charge in [0.2, 0.25) is 0 Å². The van der Waals surface area contributed by atoms with Crippen molar-refractivity contribution in [3.05, 3.63) is 0 Å². The maximum atomic E-state index is 5.98. The van der Waals surface area contributed by atoms with Crippen molar-refractivity contribution in [3.8, 4) is 0 Å². The molecule has 0 aromatic rings. The Morgan fingerprint density at radius 2 is 1.76 bits per heavy atom. The van der Waals surface area contributed by atoms with Gasteiger partial charge in [-0.1, -0.05) is 33.1 Å². The molecule has 1 saturated carbocycles. The van der Waals surface area contributed by atoms with Crippen LogP contribution in [-0.4, -0.2) is 32.0 Å². The highest BCUT2D eigenvalue weighted by Gasteiger charge is 2.31. The molecule has 0 radical (unpaired) electrons. The molecule has 0 amide bonds. The molecule has 3 heteroatoms. The van der Waals surface area contributed by atoms with Gasteiger partial charge in [-0.25, -0.2) is 0 Å². The molecule has 0 aromatic heterocycles. The number of ether oxygens (including phenoxy) is 2. The highest BCUT2D eigenvalue weighted by molar-refractivity contribution is 4.85. The van der Waals surface area contributed by atoms with E-state index >= 15 is 0 Å². The van der Waals surface area contributed by atoms with Crippen molar-refractivity contribution in [1.29, 1.82) is 0 Å². The Balaban J connectivity index is 2.07. The van der Waals surface area contributed by atoms with Crippen molar-refractivity contribution >= 4 is 0 Å². The quantitative estimate of drug-likeness (QED) is 0.667. The Labute approximate surface area is 106 Å². The zero-order valence-corrected chi connectivity index (χ0v) is 11.5. The highest BCUT2D eigenvalue weighted by Crippen LogP contribution is 2.30. The van der Waals surface area contributed by atoms with Crippen molar-refractivity contribution in [1.82, 2.24) is 0 Å². The van der Waals surface area contributed by atoms with Gasteiger partial charge < -0.3 is 15.2 Å². The van der Waals surface area contributed by atoms with E-state index in [9.17, 15) is 0 Å². The average molecular weight is 243 g/mol. The monoisotopic (exact) mass is 243 g/mol. The van der Waals surface area contributed by atoms with Crippen LogP contribution < -0.4 is 5.73 Å². The molecule has 102 valence electrons. The van der Waals surface area contributed by atoms with E-state index in [0.29, 0.717) is 25.7 Å². The molecule has 0 atom stereocenters. The second-order valence-electron chi connectivity index (χ2n) is 5.59. The van der Waals surface area contributed by atoms with Gasteiger partial charge in [0, 0.05) is 13.2 Å². The van der Waals surface area contributed by atoms with Gasteiger partial charge in [0.15, 0.2) is 0 Å². The van der Waals surface area contributed by atoms with Crippen LogP contribution in [0.2, 0.25) is 0 Å². The molecule has 0 spiro atoms. The molecule has 0 bridgehead atoms. The minimum Gasteiger partial charge on any atom is -0.379 e. The Morgan fingerprint density at radius 3 is 2.35 bits per heavy atom. The third-order valence-corrected chi connectivity index (χ3v) is 3.61. The molecule has 1 fully saturated rings. The summed E-state index contributed by atoms with van der Waals surface area (Å²) in [6.45, 7) is 7.32. The minimum absolute atomic E-state index is 0.0420. The first-order valence-corrected chi connectivity index (χ1v) is 7.10. The van der Waals surface area contributed by atoms with E-state index in [4.69, 9.17) is 15.2 Å². The molecular weight excluding hydrogens is 214 g/mol. The molecule has 0 heterocycles. The van der Waals surface area contributed by atoms with Gasteiger partial charge in [0.05, 0.1) is 18.8 Å². The SMILES string of the molecule is CC(C)CCOCCOC1(CN)CCCCC1. The van der Waals surface area contributed by atoms with E-state index in [1.165, 1.54) is 19.3 Å². The largest absolute Gasteiger partial charge is 0.379 e. The lowest BCUT2D eigenvalue weighted by atomic mass is 9.85. The zero-order chi connectivity index (χ0) is 12.6. The summed E-state index contributed by atoms with van der Waals surface area (Å²) in [6, 6.07) is 0. The van der Waals surface area contributed by atoms with Crippen LogP contribution in [0.3, 0.4) is 0 Å². The summed E-state index contributed by atoms with van der Waals surface area (Å²) in [5.41, 5.74) is 5.81. The van der Waals surface area contributed by atoms with Gasteiger partial charge in [-0.3, -0.25) is 0 Å². The maximum absolute atomic E-state index is 5.98. The predicted molar refractivity (Wildman–Crippen MR) is 71.1 cm³/mol. The van der Waals surface area contributed by atoms with Crippen LogP contribution in [0.4, 0.5) is 0 Å². The molecular formula is C14H29NO2. The molecule has 1 aliphatic carbocycles. The van der Waals surface area contributed by atoms with Gasteiger partial charge in [0.1, 0.15) is 0 Å². The first-order chi connectivity index (χ1) is 8.18. The predicted octanol–water partition coefficient (Wildman–Crippen LogP) is 2.73. The molecule has 2 N–H and O–H groups in total. The van der Waals surface area contributed by atoms with Crippen molar-refractivity contribution in [3.63, 3.8) is 0 Å². The maximum Gasteiger partial charge on any atom is 0.0805 e. The molecule has 1 aliphatic rings. The van der Waals surface area contributed by atoms with Gasteiger partial charge in [-0.2, -0.15) is 0 Å². The lowest BCUT2D eigenvalue weighted by molar-refractivity contribution is -0.0822. The van der Waals surface area contributed by atoms with E-state index in [0.717, 1.165) is 25.9 Å². The summed E-state index contributed by atoms with van der Waals surface area (Å²) in [6.07, 6.45) is 7.21. The Morgan fingerprint density at radius 1 is 1.06 bits per heavy atom. The van der Waals surface area contributed by atoms with Crippen LogP contribution in [0, 0.1) is 5.92 Å². The molecule has 3 nitrogen and oxygen atoms in total. The second-order valence-corrected chi connectivity index (χ2v) is 5.59. The normalized spacial score (nSPS) is 19.8. The number of rotatable bonds is 8. The van der Waals surface area contributed by atoms with E-state index in [1.807, 2.05) is 0 Å². The van der Waals surface area contributed by atoms with Crippen LogP contribution in [0.25, 0.3) is 0 Å². The lowest BCUT2D eigenvalue weighted by Gasteiger charge is -2.36. The number of hydrogen-bond donors (Lipinski definition) is 1. The van der Waals surface area contributed by atoms with Crippen molar-refractivity contribution in [2.24, 2.45) is 11.7 Å². The van der Waals surface area contributed by atoms with Crippen LogP contribution in [0.5, 0.6) is 0 Å². The smallest absolute Gasteiger partial charge is 0.0805 e. The summed E-state index contributed by atoms with van der Waals surface area (Å²) < 4.78 is 11.5. The standard InChI is InChI=1S/C14H29NO2/c1-13(2)6-9-16-10-11-17-14(12-15)7-4-3-5-8-14/h13H,3-12,15H2,1-2H3. The third kappa shape index (κ3) is 5.84. The number of hydrogen-bond acceptors (Lipinski definition) is 3. The summed E-state index contributed by atoms with van der Waals surface area (Å²) >= 11 is 0. The van der Waals surface area contributed by atoms with Crippen molar-refractivity contribution < 1.29 is 9.47 Å². The Kier molecular flexibility index (Phi) is 7.09. The van der Waals surface area contributed by atoms with Crippen LogP contribution in [0.15, 0.2) is 0 Å². The van der Waals surface area contributed by atoms with Crippen LogP contribution in [0.1, 0.15) is 52.4 Å². The topological polar surface area (TPSA) is 44.5 Å². The average Bonchev–Trinajstić information content (AvgIpc) is 2.34. The molecule has 17 heavy (non-hydrogen) atoms. The third-order valence-electron chi connectivity index (χ3n) is 3.61. The Bertz CT molecular complexity index is 189. The summed E-state index contributed by atoms with van der Waals surface area (Å²) in [5, 5.41) is 0. The van der Waals surface area contributed by atoms with Crippen LogP contribution >= 0.6 is 0 Å². The second kappa shape index (κ2) is 8.06. The van der Waals surface area contributed by atoms with Gasteiger partial charge >= 0.3 is 0 Å². The first-order valence-electron chi connectivity index (χ1n) is 7.10. The number of nitrogens with two attached hydrogens (primary N) is 1. The van der Waals surface area contributed by atoms with Crippen molar-refractivity contribution in [2.75, 3.05) is 26.4 Å². The molecule has 0 saturated heterocycles. The lowest BCUT2D eigenvalue weighted by Crippen LogP contribution is -2.43. The van der Waals surface area contributed by atoms with E-state index in [2.05, 4.69) is 13.8 Å². The zero-order valence-electron chi connectivity index (χ0n) is 11.5. The Hall–Kier alpha value is -0.120. The van der Waals surface area contributed by atoms with Gasteiger partial charge in [0.25, 0.3) is 0 Å². The summed E-state index contributed by atoms with van der Waals surface area (Å²) in [5.74, 6) is 0.713. The fourth-order valence-corrected chi connectivity index (χ4v) is 2.34. The van der Waals surface area contributed by atoms with Crippen LogP contribution in [-0.2, 0) is 9.47 Å². The fourth-order valence-electron chi connectivity index (χ4n) is 2.34. The molecule has 1 rings (SSSR count). The molecule has 0 unspecified atom stereocenters.